The van der Waals surface area contributed by atoms with Gasteiger partial charge in [0.15, 0.2) is 0 Å². The lowest BCUT2D eigenvalue weighted by molar-refractivity contribution is 0.245. The average molecular weight is 165 g/mol. The molecule has 0 heterocycles. The molecule has 0 radical (unpaired) electrons. The molecule has 2 amide bonds. The van der Waals surface area contributed by atoms with Gasteiger partial charge in [-0.05, 0) is 12.8 Å². The van der Waals surface area contributed by atoms with Gasteiger partial charge < -0.3 is 11.1 Å². The highest BCUT2D eigenvalue weighted by Crippen LogP contribution is 2.16. The number of halogens is 1. The number of rotatable bonds is 1. The molecular weight excluding hydrogens is 152 g/mol. The summed E-state index contributed by atoms with van der Waals surface area (Å²) in [6.07, 6.45) is 4.65. The number of nitrogens with two attached hydrogens (primary N) is 1. The summed E-state index contributed by atoms with van der Waals surface area (Å²) in [5.74, 6) is 0. The maximum atomic E-state index is 10.3. The zero-order valence-electron chi connectivity index (χ0n) is 5.80. The molecule has 0 aromatic heterocycles. The lowest BCUT2D eigenvalue weighted by Gasteiger charge is -2.07. The van der Waals surface area contributed by atoms with E-state index in [1.807, 2.05) is 0 Å². The van der Waals surface area contributed by atoms with Gasteiger partial charge in [0.25, 0.3) is 0 Å². The predicted molar refractivity (Wildman–Crippen MR) is 42.2 cm³/mol. The third kappa shape index (κ3) is 2.92. The number of carbonyl (C=O) groups is 1. The van der Waals surface area contributed by atoms with Gasteiger partial charge in [0.1, 0.15) is 0 Å². The van der Waals surface area contributed by atoms with Crippen LogP contribution in [-0.2, 0) is 0 Å². The first kappa shape index (κ1) is 9.56. The molecule has 0 atom stereocenters. The van der Waals surface area contributed by atoms with E-state index in [1.54, 1.807) is 0 Å². The van der Waals surface area contributed by atoms with Crippen LogP contribution >= 0.6 is 12.4 Å². The smallest absolute Gasteiger partial charge is 0.312 e. The molecule has 0 unspecified atom stereocenters. The molecule has 4 heteroatoms. The van der Waals surface area contributed by atoms with Crippen LogP contribution in [0.25, 0.3) is 0 Å². The third-order valence-corrected chi connectivity index (χ3v) is 1.70. The van der Waals surface area contributed by atoms with Crippen LogP contribution in [0.15, 0.2) is 0 Å². The van der Waals surface area contributed by atoms with Crippen LogP contribution in [0.2, 0.25) is 0 Å². The van der Waals surface area contributed by atoms with Crippen molar-refractivity contribution in [3.63, 3.8) is 0 Å². The Balaban J connectivity index is 0.000000810. The largest absolute Gasteiger partial charge is 0.352 e. The molecule has 0 aromatic carbocycles. The number of hydrogen-bond acceptors (Lipinski definition) is 1. The van der Waals surface area contributed by atoms with E-state index in [0.717, 1.165) is 12.8 Å². The fraction of sp³-hybridized carbons (Fsp3) is 0.833. The van der Waals surface area contributed by atoms with Crippen molar-refractivity contribution in [2.24, 2.45) is 5.73 Å². The monoisotopic (exact) mass is 164 g/mol. The van der Waals surface area contributed by atoms with Crippen molar-refractivity contribution < 1.29 is 4.79 Å². The molecule has 0 bridgehead atoms. The maximum absolute atomic E-state index is 10.3. The SMILES string of the molecule is Cl.NC(=O)NC1CCCC1. The second-order valence-corrected chi connectivity index (χ2v) is 2.49. The summed E-state index contributed by atoms with van der Waals surface area (Å²) in [7, 11) is 0. The lowest BCUT2D eigenvalue weighted by atomic mass is 10.3. The highest BCUT2D eigenvalue weighted by Gasteiger charge is 2.14. The Morgan fingerprint density at radius 1 is 1.40 bits per heavy atom. The standard InChI is InChI=1S/C6H12N2O.ClH/c7-6(9)8-5-3-1-2-4-5;/h5H,1-4H2,(H3,7,8,9);1H. The Labute approximate surface area is 66.8 Å². The van der Waals surface area contributed by atoms with Gasteiger partial charge in [0, 0.05) is 6.04 Å². The van der Waals surface area contributed by atoms with Crippen LogP contribution < -0.4 is 11.1 Å². The van der Waals surface area contributed by atoms with Crippen molar-refractivity contribution in [3.8, 4) is 0 Å². The van der Waals surface area contributed by atoms with Crippen molar-refractivity contribution in [3.05, 3.63) is 0 Å². The Kier molecular flexibility index (Phi) is 4.19. The van der Waals surface area contributed by atoms with E-state index < -0.39 is 0 Å². The molecular formula is C6H13ClN2O. The van der Waals surface area contributed by atoms with E-state index >= 15 is 0 Å². The molecule has 1 aliphatic carbocycles. The van der Waals surface area contributed by atoms with E-state index in [9.17, 15) is 4.79 Å². The van der Waals surface area contributed by atoms with E-state index in [1.165, 1.54) is 12.8 Å². The summed E-state index contributed by atoms with van der Waals surface area (Å²) in [4.78, 5) is 10.3. The topological polar surface area (TPSA) is 55.1 Å². The van der Waals surface area contributed by atoms with Crippen LogP contribution in [0, 0.1) is 0 Å². The van der Waals surface area contributed by atoms with Gasteiger partial charge in [0.2, 0.25) is 0 Å². The van der Waals surface area contributed by atoms with Crippen LogP contribution in [0.5, 0.6) is 0 Å². The normalized spacial score (nSPS) is 18.0. The number of nitrogens with one attached hydrogen (secondary N) is 1. The van der Waals surface area contributed by atoms with Gasteiger partial charge in [-0.2, -0.15) is 0 Å². The minimum absolute atomic E-state index is 0. The highest BCUT2D eigenvalue weighted by atomic mass is 35.5. The van der Waals surface area contributed by atoms with Crippen LogP contribution in [0.1, 0.15) is 25.7 Å². The molecule has 60 valence electrons. The first-order valence-corrected chi connectivity index (χ1v) is 3.35. The number of amides is 2. The first-order chi connectivity index (χ1) is 4.29. The summed E-state index contributed by atoms with van der Waals surface area (Å²) in [5, 5.41) is 2.68. The summed E-state index contributed by atoms with van der Waals surface area (Å²) in [6.45, 7) is 0. The number of hydrogen-bond donors (Lipinski definition) is 2. The van der Waals surface area contributed by atoms with Crippen molar-refractivity contribution in [2.75, 3.05) is 0 Å². The van der Waals surface area contributed by atoms with Gasteiger partial charge in [-0.1, -0.05) is 12.8 Å². The summed E-state index contributed by atoms with van der Waals surface area (Å²) >= 11 is 0. The number of carbonyl (C=O) groups excluding carboxylic acids is 1. The Hall–Kier alpha value is -0.440. The number of urea groups is 1. The Morgan fingerprint density at radius 2 is 1.90 bits per heavy atom. The second kappa shape index (κ2) is 4.39. The van der Waals surface area contributed by atoms with Gasteiger partial charge >= 0.3 is 6.03 Å². The molecule has 1 rings (SSSR count). The molecule has 0 aromatic rings. The van der Waals surface area contributed by atoms with Crippen LogP contribution in [0.4, 0.5) is 4.79 Å². The second-order valence-electron chi connectivity index (χ2n) is 2.49. The molecule has 0 spiro atoms. The molecule has 10 heavy (non-hydrogen) atoms. The molecule has 3 nitrogen and oxygen atoms in total. The van der Waals surface area contributed by atoms with Crippen molar-refractivity contribution in [1.82, 2.24) is 5.32 Å². The molecule has 1 aliphatic rings. The van der Waals surface area contributed by atoms with E-state index in [2.05, 4.69) is 5.32 Å². The van der Waals surface area contributed by atoms with Gasteiger partial charge in [-0.3, -0.25) is 0 Å². The zero-order chi connectivity index (χ0) is 6.69. The Bertz CT molecular complexity index is 112. The van der Waals surface area contributed by atoms with Crippen molar-refractivity contribution in [1.29, 1.82) is 0 Å². The predicted octanol–water partition coefficient (Wildman–Crippen LogP) is 1.02. The quantitative estimate of drug-likeness (QED) is 0.598. The third-order valence-electron chi connectivity index (χ3n) is 1.70. The summed E-state index contributed by atoms with van der Waals surface area (Å²) in [6, 6.07) is -0.0237. The minimum atomic E-state index is -0.387. The van der Waals surface area contributed by atoms with Gasteiger partial charge in [-0.25, -0.2) is 4.79 Å². The fourth-order valence-corrected chi connectivity index (χ4v) is 1.27. The molecule has 3 N–H and O–H groups in total. The van der Waals surface area contributed by atoms with Crippen molar-refractivity contribution >= 4 is 18.4 Å². The van der Waals surface area contributed by atoms with Crippen molar-refractivity contribution in [2.45, 2.75) is 31.7 Å². The van der Waals surface area contributed by atoms with E-state index in [-0.39, 0.29) is 18.4 Å². The molecule has 1 saturated carbocycles. The lowest BCUT2D eigenvalue weighted by Crippen LogP contribution is -2.36. The first-order valence-electron chi connectivity index (χ1n) is 3.35. The number of primary amides is 1. The van der Waals surface area contributed by atoms with Gasteiger partial charge in [0.05, 0.1) is 0 Å². The fourth-order valence-electron chi connectivity index (χ4n) is 1.27. The highest BCUT2D eigenvalue weighted by molar-refractivity contribution is 5.85. The van der Waals surface area contributed by atoms with Crippen LogP contribution in [-0.4, -0.2) is 12.1 Å². The average Bonchev–Trinajstić information content (AvgIpc) is 2.15. The maximum Gasteiger partial charge on any atom is 0.312 e. The molecule has 0 saturated heterocycles. The zero-order valence-corrected chi connectivity index (χ0v) is 6.62. The van der Waals surface area contributed by atoms with Crippen LogP contribution in [0.3, 0.4) is 0 Å². The molecule has 1 fully saturated rings. The summed E-state index contributed by atoms with van der Waals surface area (Å²) < 4.78 is 0. The van der Waals surface area contributed by atoms with E-state index in [4.69, 9.17) is 5.73 Å². The summed E-state index contributed by atoms with van der Waals surface area (Å²) in [5.41, 5.74) is 4.92. The minimum Gasteiger partial charge on any atom is -0.352 e. The Morgan fingerprint density at radius 3 is 2.30 bits per heavy atom. The molecule has 0 aliphatic heterocycles. The van der Waals surface area contributed by atoms with Gasteiger partial charge in [-0.15, -0.1) is 12.4 Å². The van der Waals surface area contributed by atoms with E-state index in [0.29, 0.717) is 6.04 Å².